The minimum atomic E-state index is 0.119. The molecule has 1 aliphatic carbocycles. The summed E-state index contributed by atoms with van der Waals surface area (Å²) in [4.78, 5) is 27.1. The van der Waals surface area contributed by atoms with Gasteiger partial charge >= 0.3 is 0 Å². The third kappa shape index (κ3) is 4.31. The number of nitrogens with zero attached hydrogens (tertiary/aromatic N) is 4. The van der Waals surface area contributed by atoms with E-state index >= 15 is 0 Å². The predicted molar refractivity (Wildman–Crippen MR) is 115 cm³/mol. The van der Waals surface area contributed by atoms with E-state index < -0.39 is 0 Å². The van der Waals surface area contributed by atoms with Gasteiger partial charge in [0.2, 0.25) is 0 Å². The summed E-state index contributed by atoms with van der Waals surface area (Å²) in [5, 5.41) is 1.13. The van der Waals surface area contributed by atoms with Gasteiger partial charge in [0.1, 0.15) is 10.6 Å². The first-order valence-electron chi connectivity index (χ1n) is 10.4. The number of amides is 1. The lowest BCUT2D eigenvalue weighted by Crippen LogP contribution is -2.45. The molecule has 1 amide bonds. The van der Waals surface area contributed by atoms with Gasteiger partial charge in [-0.25, -0.2) is 4.98 Å². The zero-order valence-electron chi connectivity index (χ0n) is 17.8. The van der Waals surface area contributed by atoms with Gasteiger partial charge in [-0.2, -0.15) is 0 Å². The van der Waals surface area contributed by atoms with Gasteiger partial charge in [0.15, 0.2) is 0 Å². The van der Waals surface area contributed by atoms with E-state index in [4.69, 9.17) is 4.74 Å². The molecule has 2 fully saturated rings. The molecule has 0 unspecified atom stereocenters. The normalized spacial score (nSPS) is 18.1. The van der Waals surface area contributed by atoms with Crippen LogP contribution in [0.25, 0.3) is 0 Å². The molecule has 2 aromatic rings. The van der Waals surface area contributed by atoms with Gasteiger partial charge in [-0.05, 0) is 39.5 Å². The lowest BCUT2D eigenvalue weighted by atomic mass is 10.0. The molecule has 156 valence electrons. The molecule has 29 heavy (non-hydrogen) atoms. The predicted octanol–water partition coefficient (Wildman–Crippen LogP) is 3.78. The summed E-state index contributed by atoms with van der Waals surface area (Å²) in [6.07, 6.45) is 8.07. The van der Waals surface area contributed by atoms with E-state index in [2.05, 4.69) is 21.8 Å². The van der Waals surface area contributed by atoms with Gasteiger partial charge in [-0.1, -0.05) is 0 Å². The number of aromatic nitrogens is 2. The number of ether oxygens (including phenoxy) is 1. The van der Waals surface area contributed by atoms with Crippen molar-refractivity contribution in [2.24, 2.45) is 0 Å². The average molecular weight is 415 g/mol. The minimum Gasteiger partial charge on any atom is -0.496 e. The summed E-state index contributed by atoms with van der Waals surface area (Å²) in [5.74, 6) is 1.66. The first-order chi connectivity index (χ1) is 14.0. The van der Waals surface area contributed by atoms with Crippen LogP contribution < -0.4 is 4.74 Å². The maximum absolute atomic E-state index is 12.9. The number of hydrogen-bond donors (Lipinski definition) is 0. The molecule has 3 heterocycles. The number of carbonyl (C=O) groups is 1. The SMILES string of the molecule is COc1c(C)cnc(CN2CCC(N(C)C(=O)c3cnc(C4CC4)s3)CC2)c1C. The standard InChI is InChI=1S/C22H30N4O2S/c1-14-11-23-18(15(2)20(14)28-4)13-26-9-7-17(8-10-26)25(3)22(27)19-12-24-21(29-19)16-5-6-16/h11-12,16-17H,5-10,13H2,1-4H3. The number of methoxy groups -OCH3 is 1. The van der Waals surface area contributed by atoms with E-state index in [0.717, 1.165) is 64.9 Å². The van der Waals surface area contributed by atoms with E-state index in [0.29, 0.717) is 5.92 Å². The molecular formula is C22H30N4O2S. The van der Waals surface area contributed by atoms with Crippen LogP contribution in [0.5, 0.6) is 5.75 Å². The molecule has 7 heteroatoms. The number of pyridine rings is 1. The molecular weight excluding hydrogens is 384 g/mol. The summed E-state index contributed by atoms with van der Waals surface area (Å²) in [6.45, 7) is 6.87. The molecule has 1 saturated carbocycles. The second-order valence-corrected chi connectivity index (χ2v) is 9.37. The van der Waals surface area contributed by atoms with Crippen LogP contribution in [0.2, 0.25) is 0 Å². The van der Waals surface area contributed by atoms with Crippen molar-refractivity contribution in [3.63, 3.8) is 0 Å². The van der Waals surface area contributed by atoms with Crippen LogP contribution in [-0.4, -0.2) is 59.0 Å². The summed E-state index contributed by atoms with van der Waals surface area (Å²) < 4.78 is 5.54. The fourth-order valence-electron chi connectivity index (χ4n) is 4.15. The third-order valence-corrected chi connectivity index (χ3v) is 7.36. The van der Waals surface area contributed by atoms with Gasteiger partial charge in [-0.15, -0.1) is 11.3 Å². The highest BCUT2D eigenvalue weighted by Gasteiger charge is 2.30. The maximum Gasteiger partial charge on any atom is 0.265 e. The van der Waals surface area contributed by atoms with Gasteiger partial charge in [-0.3, -0.25) is 14.7 Å². The quantitative estimate of drug-likeness (QED) is 0.720. The molecule has 0 bridgehead atoms. The molecule has 0 spiro atoms. The average Bonchev–Trinajstić information content (AvgIpc) is 3.47. The molecule has 6 nitrogen and oxygen atoms in total. The van der Waals surface area contributed by atoms with Gasteiger partial charge in [0.05, 0.1) is 24.0 Å². The van der Waals surface area contributed by atoms with E-state index in [1.54, 1.807) is 24.6 Å². The molecule has 4 rings (SSSR count). The Labute approximate surface area is 176 Å². The van der Waals surface area contributed by atoms with E-state index in [1.807, 2.05) is 25.1 Å². The lowest BCUT2D eigenvalue weighted by molar-refractivity contribution is 0.0639. The van der Waals surface area contributed by atoms with Crippen molar-refractivity contribution in [2.45, 2.75) is 58.0 Å². The van der Waals surface area contributed by atoms with Crippen LogP contribution >= 0.6 is 11.3 Å². The Morgan fingerprint density at radius 1 is 1.21 bits per heavy atom. The topological polar surface area (TPSA) is 58.6 Å². The monoisotopic (exact) mass is 414 g/mol. The maximum atomic E-state index is 12.9. The molecule has 0 aromatic carbocycles. The highest BCUT2D eigenvalue weighted by atomic mass is 32.1. The van der Waals surface area contributed by atoms with E-state index in [9.17, 15) is 4.79 Å². The largest absolute Gasteiger partial charge is 0.496 e. The van der Waals surface area contributed by atoms with Crippen LogP contribution in [0.3, 0.4) is 0 Å². The zero-order chi connectivity index (χ0) is 20.5. The summed E-state index contributed by atoms with van der Waals surface area (Å²) in [6, 6.07) is 0.284. The summed E-state index contributed by atoms with van der Waals surface area (Å²) in [7, 11) is 3.66. The second-order valence-electron chi connectivity index (χ2n) is 8.31. The van der Waals surface area contributed by atoms with Crippen molar-refractivity contribution in [1.29, 1.82) is 0 Å². The smallest absolute Gasteiger partial charge is 0.265 e. The minimum absolute atomic E-state index is 0.119. The van der Waals surface area contributed by atoms with Gasteiger partial charge in [0, 0.05) is 56.0 Å². The molecule has 0 radical (unpaired) electrons. The van der Waals surface area contributed by atoms with Crippen molar-refractivity contribution in [2.75, 3.05) is 27.2 Å². The second kappa shape index (κ2) is 8.40. The van der Waals surface area contributed by atoms with E-state index in [-0.39, 0.29) is 11.9 Å². The first-order valence-corrected chi connectivity index (χ1v) is 11.2. The van der Waals surface area contributed by atoms with Gasteiger partial charge < -0.3 is 9.64 Å². The Hall–Kier alpha value is -1.99. The van der Waals surface area contributed by atoms with Crippen molar-refractivity contribution < 1.29 is 9.53 Å². The highest BCUT2D eigenvalue weighted by Crippen LogP contribution is 2.42. The van der Waals surface area contributed by atoms with Crippen LogP contribution in [0.1, 0.15) is 63.1 Å². The van der Waals surface area contributed by atoms with E-state index in [1.165, 1.54) is 12.8 Å². The first kappa shape index (κ1) is 20.3. The number of thiazole rings is 1. The molecule has 1 aliphatic heterocycles. The summed E-state index contributed by atoms with van der Waals surface area (Å²) in [5.41, 5.74) is 3.27. The number of rotatable bonds is 6. The van der Waals surface area contributed by atoms with Crippen molar-refractivity contribution in [3.05, 3.63) is 39.1 Å². The fraction of sp³-hybridized carbons (Fsp3) is 0.591. The fourth-order valence-corrected chi connectivity index (χ4v) is 5.22. The lowest BCUT2D eigenvalue weighted by Gasteiger charge is -2.36. The van der Waals surface area contributed by atoms with Crippen LogP contribution in [0, 0.1) is 13.8 Å². The Morgan fingerprint density at radius 2 is 1.93 bits per heavy atom. The summed E-state index contributed by atoms with van der Waals surface area (Å²) >= 11 is 1.58. The number of aryl methyl sites for hydroxylation is 1. The highest BCUT2D eigenvalue weighted by molar-refractivity contribution is 7.13. The van der Waals surface area contributed by atoms with Crippen LogP contribution in [-0.2, 0) is 6.54 Å². The Kier molecular flexibility index (Phi) is 5.88. The molecule has 2 aliphatic rings. The number of carbonyl (C=O) groups excluding carboxylic acids is 1. The van der Waals surface area contributed by atoms with Crippen molar-refractivity contribution >= 4 is 17.2 Å². The zero-order valence-corrected chi connectivity index (χ0v) is 18.6. The number of likely N-dealkylation sites (tertiary alicyclic amines) is 1. The molecule has 0 atom stereocenters. The van der Waals surface area contributed by atoms with Crippen molar-refractivity contribution in [3.8, 4) is 5.75 Å². The Morgan fingerprint density at radius 3 is 2.59 bits per heavy atom. The number of piperidine rings is 1. The Balaban J connectivity index is 1.33. The third-order valence-electron chi connectivity index (χ3n) is 6.21. The Bertz CT molecular complexity index is 885. The molecule has 1 saturated heterocycles. The molecule has 0 N–H and O–H groups in total. The van der Waals surface area contributed by atoms with Crippen LogP contribution in [0.15, 0.2) is 12.4 Å². The van der Waals surface area contributed by atoms with Crippen molar-refractivity contribution in [1.82, 2.24) is 19.8 Å². The number of hydrogen-bond acceptors (Lipinski definition) is 6. The molecule has 2 aromatic heterocycles. The van der Waals surface area contributed by atoms with Crippen LogP contribution in [0.4, 0.5) is 0 Å². The van der Waals surface area contributed by atoms with Gasteiger partial charge in [0.25, 0.3) is 5.91 Å².